The number of thioether (sulfide) groups is 1. The zero-order valence-electron chi connectivity index (χ0n) is 15.0. The normalized spacial score (nSPS) is 21.3. The molecule has 5 nitrogen and oxygen atoms in total. The number of likely N-dealkylation sites (tertiary alicyclic amines) is 1. The van der Waals surface area contributed by atoms with Gasteiger partial charge in [0.25, 0.3) is 0 Å². The van der Waals surface area contributed by atoms with Crippen LogP contribution in [0.25, 0.3) is 0 Å². The first-order chi connectivity index (χ1) is 11.6. The first-order valence-corrected chi connectivity index (χ1v) is 10.4. The van der Waals surface area contributed by atoms with Gasteiger partial charge in [0, 0.05) is 19.5 Å². The summed E-state index contributed by atoms with van der Waals surface area (Å²) in [5.74, 6) is 2.81. The van der Waals surface area contributed by atoms with E-state index in [2.05, 4.69) is 22.1 Å². The fourth-order valence-electron chi connectivity index (χ4n) is 3.78. The average Bonchev–Trinajstić information content (AvgIpc) is 3.24. The Balaban J connectivity index is 1.45. The van der Waals surface area contributed by atoms with E-state index in [1.54, 1.807) is 0 Å². The molecule has 0 radical (unpaired) electrons. The van der Waals surface area contributed by atoms with Crippen molar-refractivity contribution < 1.29 is 4.79 Å². The second-order valence-corrected chi connectivity index (χ2v) is 8.83. The summed E-state index contributed by atoms with van der Waals surface area (Å²) in [6.45, 7) is 6.03. The monoisotopic (exact) mass is 350 g/mol. The first kappa shape index (κ1) is 17.8. The second kappa shape index (κ2) is 8.37. The number of rotatable bonds is 6. The third-order valence-electron chi connectivity index (χ3n) is 5.50. The number of H-pyrrole nitrogens is 1. The Morgan fingerprint density at radius 1 is 1.29 bits per heavy atom. The van der Waals surface area contributed by atoms with E-state index in [0.717, 1.165) is 50.0 Å². The summed E-state index contributed by atoms with van der Waals surface area (Å²) in [7, 11) is 0. The largest absolute Gasteiger partial charge is 0.342 e. The van der Waals surface area contributed by atoms with Gasteiger partial charge in [0.15, 0.2) is 0 Å². The van der Waals surface area contributed by atoms with Gasteiger partial charge in [-0.25, -0.2) is 4.98 Å². The SMILES string of the molecule is CC1CCN(C(=O)C(C)Sc2n[nH]c(CCC3CCCC3)n2)CC1. The highest BCUT2D eigenvalue weighted by Crippen LogP contribution is 2.29. The lowest BCUT2D eigenvalue weighted by Crippen LogP contribution is -2.41. The summed E-state index contributed by atoms with van der Waals surface area (Å²) in [5, 5.41) is 7.95. The molecule has 1 amide bonds. The topological polar surface area (TPSA) is 61.9 Å². The molecule has 0 aromatic carbocycles. The van der Waals surface area contributed by atoms with E-state index >= 15 is 0 Å². The summed E-state index contributed by atoms with van der Waals surface area (Å²) >= 11 is 1.48. The fraction of sp³-hybridized carbons (Fsp3) is 0.833. The van der Waals surface area contributed by atoms with Gasteiger partial charge in [-0.3, -0.25) is 9.89 Å². The highest BCUT2D eigenvalue weighted by molar-refractivity contribution is 8.00. The van der Waals surface area contributed by atoms with Crippen LogP contribution < -0.4 is 0 Å². The van der Waals surface area contributed by atoms with Gasteiger partial charge in [0.1, 0.15) is 5.82 Å². The summed E-state index contributed by atoms with van der Waals surface area (Å²) < 4.78 is 0. The number of amides is 1. The molecule has 1 unspecified atom stereocenters. The lowest BCUT2D eigenvalue weighted by atomic mass is 9.99. The molecule has 2 fully saturated rings. The van der Waals surface area contributed by atoms with Crippen molar-refractivity contribution in [3.63, 3.8) is 0 Å². The molecule has 1 aliphatic carbocycles. The van der Waals surface area contributed by atoms with Gasteiger partial charge in [0.05, 0.1) is 5.25 Å². The van der Waals surface area contributed by atoms with Crippen LogP contribution in [0.2, 0.25) is 0 Å². The number of aromatic nitrogens is 3. The molecule has 2 heterocycles. The van der Waals surface area contributed by atoms with Gasteiger partial charge in [-0.05, 0) is 38.0 Å². The van der Waals surface area contributed by atoms with Gasteiger partial charge in [0.2, 0.25) is 11.1 Å². The third kappa shape index (κ3) is 4.74. The molecule has 0 spiro atoms. The lowest BCUT2D eigenvalue weighted by molar-refractivity contribution is -0.131. The molecule has 2 aliphatic rings. The lowest BCUT2D eigenvalue weighted by Gasteiger charge is -2.31. The standard InChI is InChI=1S/C18H30N4OS/c1-13-9-11-22(12-10-13)17(23)14(2)24-18-19-16(20-21-18)8-7-15-5-3-4-6-15/h13-15H,3-12H2,1-2H3,(H,19,20,21). The molecule has 1 N–H and O–H groups in total. The van der Waals surface area contributed by atoms with Crippen molar-refractivity contribution in [2.24, 2.45) is 11.8 Å². The second-order valence-electron chi connectivity index (χ2n) is 7.52. The summed E-state index contributed by atoms with van der Waals surface area (Å²) in [4.78, 5) is 19.1. The van der Waals surface area contributed by atoms with Crippen LogP contribution in [0.3, 0.4) is 0 Å². The Kier molecular flexibility index (Phi) is 6.19. The molecular weight excluding hydrogens is 320 g/mol. The first-order valence-electron chi connectivity index (χ1n) is 9.48. The summed E-state index contributed by atoms with van der Waals surface area (Å²) in [6.07, 6.45) is 9.94. The summed E-state index contributed by atoms with van der Waals surface area (Å²) in [6, 6.07) is 0. The van der Waals surface area contributed by atoms with Crippen molar-refractivity contribution >= 4 is 17.7 Å². The number of nitrogens with zero attached hydrogens (tertiary/aromatic N) is 3. The molecule has 1 aromatic heterocycles. The molecule has 3 rings (SSSR count). The minimum atomic E-state index is -0.114. The maximum absolute atomic E-state index is 12.6. The van der Waals surface area contributed by atoms with Gasteiger partial charge in [-0.2, -0.15) is 0 Å². The van der Waals surface area contributed by atoms with Gasteiger partial charge < -0.3 is 4.90 Å². The van der Waals surface area contributed by atoms with E-state index in [-0.39, 0.29) is 11.2 Å². The molecule has 1 saturated carbocycles. The van der Waals surface area contributed by atoms with E-state index in [0.29, 0.717) is 5.16 Å². The van der Waals surface area contributed by atoms with Crippen LogP contribution in [0.4, 0.5) is 0 Å². The summed E-state index contributed by atoms with van der Waals surface area (Å²) in [5.41, 5.74) is 0. The minimum absolute atomic E-state index is 0.114. The maximum atomic E-state index is 12.6. The van der Waals surface area contributed by atoms with Crippen LogP contribution in [0.15, 0.2) is 5.16 Å². The van der Waals surface area contributed by atoms with Crippen LogP contribution in [0.1, 0.15) is 64.6 Å². The van der Waals surface area contributed by atoms with Crippen LogP contribution in [0.5, 0.6) is 0 Å². The molecule has 1 saturated heterocycles. The Hall–Kier alpha value is -1.04. The van der Waals surface area contributed by atoms with Crippen molar-refractivity contribution in [2.45, 2.75) is 75.6 Å². The zero-order valence-corrected chi connectivity index (χ0v) is 15.8. The molecule has 134 valence electrons. The van der Waals surface area contributed by atoms with E-state index in [1.807, 2.05) is 11.8 Å². The van der Waals surface area contributed by atoms with Crippen molar-refractivity contribution in [2.75, 3.05) is 13.1 Å². The molecule has 1 aliphatic heterocycles. The Morgan fingerprint density at radius 2 is 2.00 bits per heavy atom. The number of carbonyl (C=O) groups is 1. The minimum Gasteiger partial charge on any atom is -0.342 e. The average molecular weight is 351 g/mol. The van der Waals surface area contributed by atoms with Crippen LogP contribution in [-0.2, 0) is 11.2 Å². The van der Waals surface area contributed by atoms with Crippen molar-refractivity contribution in [1.29, 1.82) is 0 Å². The number of hydrogen-bond donors (Lipinski definition) is 1. The number of aryl methyl sites for hydroxylation is 1. The van der Waals surface area contributed by atoms with E-state index in [4.69, 9.17) is 0 Å². The van der Waals surface area contributed by atoms with Crippen LogP contribution in [-0.4, -0.2) is 44.3 Å². The molecule has 24 heavy (non-hydrogen) atoms. The molecule has 0 bridgehead atoms. The molecule has 6 heteroatoms. The Bertz CT molecular complexity index is 533. The quantitative estimate of drug-likeness (QED) is 0.795. The Morgan fingerprint density at radius 3 is 2.71 bits per heavy atom. The maximum Gasteiger partial charge on any atom is 0.235 e. The van der Waals surface area contributed by atoms with Crippen LogP contribution >= 0.6 is 11.8 Å². The third-order valence-corrected chi connectivity index (χ3v) is 6.45. The number of hydrogen-bond acceptors (Lipinski definition) is 4. The van der Waals surface area contributed by atoms with E-state index in [9.17, 15) is 4.79 Å². The molecular formula is C18H30N4OS. The number of piperidine rings is 1. The van der Waals surface area contributed by atoms with E-state index in [1.165, 1.54) is 43.9 Å². The highest BCUT2D eigenvalue weighted by atomic mass is 32.2. The Labute approximate surface area is 149 Å². The van der Waals surface area contributed by atoms with Gasteiger partial charge >= 0.3 is 0 Å². The number of nitrogens with one attached hydrogen (secondary N) is 1. The molecule has 1 atom stereocenters. The van der Waals surface area contributed by atoms with Crippen LogP contribution in [0, 0.1) is 11.8 Å². The van der Waals surface area contributed by atoms with E-state index < -0.39 is 0 Å². The molecule has 1 aromatic rings. The predicted octanol–water partition coefficient (Wildman–Crippen LogP) is 3.67. The van der Waals surface area contributed by atoms with Crippen molar-refractivity contribution in [1.82, 2.24) is 20.1 Å². The smallest absolute Gasteiger partial charge is 0.235 e. The van der Waals surface area contributed by atoms with Gasteiger partial charge in [-0.15, -0.1) is 5.10 Å². The zero-order chi connectivity index (χ0) is 16.9. The highest BCUT2D eigenvalue weighted by Gasteiger charge is 2.26. The van der Waals surface area contributed by atoms with Crippen molar-refractivity contribution in [3.8, 4) is 0 Å². The predicted molar refractivity (Wildman–Crippen MR) is 97.0 cm³/mol. The number of aromatic amines is 1. The number of carbonyl (C=O) groups excluding carboxylic acids is 1. The fourth-order valence-corrected chi connectivity index (χ4v) is 4.60. The van der Waals surface area contributed by atoms with Gasteiger partial charge in [-0.1, -0.05) is 44.4 Å². The van der Waals surface area contributed by atoms with Crippen molar-refractivity contribution in [3.05, 3.63) is 5.82 Å².